The van der Waals surface area contributed by atoms with Crippen molar-refractivity contribution in [3.63, 3.8) is 0 Å². The van der Waals surface area contributed by atoms with Crippen molar-refractivity contribution in [3.8, 4) is 6.07 Å². The van der Waals surface area contributed by atoms with E-state index in [1.807, 2.05) is 0 Å². The van der Waals surface area contributed by atoms with Crippen LogP contribution in [0.4, 0.5) is 18.9 Å². The monoisotopic (exact) mass is 320 g/mol. The number of amides is 1. The number of halogens is 3. The summed E-state index contributed by atoms with van der Waals surface area (Å²) < 4.78 is 43.9. The summed E-state index contributed by atoms with van der Waals surface area (Å²) in [4.78, 5) is 12.0. The first-order valence-corrected chi connectivity index (χ1v) is 6.47. The van der Waals surface area contributed by atoms with Gasteiger partial charge in [-0.1, -0.05) is 12.1 Å². The average molecular weight is 320 g/mol. The Labute approximate surface area is 129 Å². The number of rotatable bonds is 3. The van der Waals surface area contributed by atoms with Crippen LogP contribution in [0, 0.1) is 18.3 Å². The first kappa shape index (κ1) is 16.4. The number of carbonyl (C=O) groups excluding carboxylic acids is 1. The van der Waals surface area contributed by atoms with Gasteiger partial charge in [0.2, 0.25) is 0 Å². The third-order valence-corrected chi connectivity index (χ3v) is 2.89. The molecular weight excluding hydrogens is 309 g/mol. The summed E-state index contributed by atoms with van der Waals surface area (Å²) in [5.41, 5.74) is -1.77. The summed E-state index contributed by atoms with van der Waals surface area (Å²) in [5.74, 6) is -0.104. The molecule has 23 heavy (non-hydrogen) atoms. The highest BCUT2D eigenvalue weighted by atomic mass is 19.4. The van der Waals surface area contributed by atoms with Gasteiger partial charge in [0.25, 0.3) is 5.91 Å². The first-order valence-electron chi connectivity index (χ1n) is 6.47. The van der Waals surface area contributed by atoms with Crippen LogP contribution < -0.4 is 5.32 Å². The number of alkyl halides is 3. The number of nitrogens with one attached hydrogen (secondary N) is 1. The Morgan fingerprint density at radius 3 is 2.52 bits per heavy atom. The smallest absolute Gasteiger partial charge is 0.418 e. The standard InChI is InChI=1S/C16H11F3N2O2/c1-10-6-7-12(23-10)8-11(9-20)15(22)21-14-5-3-2-4-13(14)16(17,18)19/h2-8H,1H3,(H,21,22). The van der Waals surface area contributed by atoms with E-state index in [0.29, 0.717) is 5.76 Å². The quantitative estimate of drug-likeness (QED) is 0.682. The molecule has 0 fully saturated rings. The maximum absolute atomic E-state index is 12.9. The topological polar surface area (TPSA) is 66.0 Å². The van der Waals surface area contributed by atoms with Crippen LogP contribution >= 0.6 is 0 Å². The van der Waals surface area contributed by atoms with Gasteiger partial charge in [-0.2, -0.15) is 18.4 Å². The van der Waals surface area contributed by atoms with Gasteiger partial charge in [0.1, 0.15) is 23.2 Å². The minimum absolute atomic E-state index is 0.262. The minimum atomic E-state index is -4.61. The van der Waals surface area contributed by atoms with E-state index >= 15 is 0 Å². The average Bonchev–Trinajstić information content (AvgIpc) is 2.89. The third-order valence-electron chi connectivity index (χ3n) is 2.89. The molecule has 2 aromatic rings. The predicted molar refractivity (Wildman–Crippen MR) is 77.1 cm³/mol. The molecule has 0 spiro atoms. The second kappa shape index (κ2) is 6.40. The Morgan fingerprint density at radius 1 is 1.26 bits per heavy atom. The second-order valence-electron chi connectivity index (χ2n) is 4.62. The fraction of sp³-hybridized carbons (Fsp3) is 0.125. The molecule has 1 aromatic heterocycles. The highest BCUT2D eigenvalue weighted by molar-refractivity contribution is 6.09. The molecule has 0 atom stereocenters. The van der Waals surface area contributed by atoms with Crippen molar-refractivity contribution in [3.05, 3.63) is 59.1 Å². The van der Waals surface area contributed by atoms with Gasteiger partial charge in [-0.15, -0.1) is 0 Å². The third kappa shape index (κ3) is 4.01. The zero-order valence-corrected chi connectivity index (χ0v) is 11.9. The Morgan fingerprint density at radius 2 is 1.96 bits per heavy atom. The number of carbonyl (C=O) groups is 1. The van der Waals surface area contributed by atoms with E-state index in [-0.39, 0.29) is 11.3 Å². The molecule has 1 amide bonds. The molecule has 0 radical (unpaired) electrons. The number of benzene rings is 1. The number of nitrogens with zero attached hydrogens (tertiary/aromatic N) is 1. The molecule has 2 rings (SSSR count). The summed E-state index contributed by atoms with van der Waals surface area (Å²) in [5, 5.41) is 11.1. The fourth-order valence-electron chi connectivity index (χ4n) is 1.85. The molecule has 1 N–H and O–H groups in total. The van der Waals surface area contributed by atoms with Gasteiger partial charge in [0.05, 0.1) is 11.3 Å². The molecule has 0 bridgehead atoms. The van der Waals surface area contributed by atoms with E-state index in [9.17, 15) is 18.0 Å². The van der Waals surface area contributed by atoms with E-state index in [4.69, 9.17) is 9.68 Å². The maximum atomic E-state index is 12.9. The minimum Gasteiger partial charge on any atom is -0.462 e. The highest BCUT2D eigenvalue weighted by Crippen LogP contribution is 2.34. The van der Waals surface area contributed by atoms with Crippen LogP contribution in [0.5, 0.6) is 0 Å². The molecule has 7 heteroatoms. The Balaban J connectivity index is 2.28. The molecular formula is C16H11F3N2O2. The van der Waals surface area contributed by atoms with Gasteiger partial charge >= 0.3 is 6.18 Å². The van der Waals surface area contributed by atoms with Crippen LogP contribution in [-0.2, 0) is 11.0 Å². The summed E-state index contributed by atoms with van der Waals surface area (Å²) >= 11 is 0. The normalized spacial score (nSPS) is 11.9. The lowest BCUT2D eigenvalue weighted by Gasteiger charge is -2.13. The van der Waals surface area contributed by atoms with Crippen LogP contribution in [0.2, 0.25) is 0 Å². The van der Waals surface area contributed by atoms with Crippen molar-refractivity contribution >= 4 is 17.7 Å². The second-order valence-corrected chi connectivity index (χ2v) is 4.62. The van der Waals surface area contributed by atoms with Crippen LogP contribution in [0.1, 0.15) is 17.1 Å². The largest absolute Gasteiger partial charge is 0.462 e. The van der Waals surface area contributed by atoms with Crippen molar-refractivity contribution in [1.29, 1.82) is 5.26 Å². The van der Waals surface area contributed by atoms with Crippen molar-refractivity contribution in [2.24, 2.45) is 0 Å². The lowest BCUT2D eigenvalue weighted by Crippen LogP contribution is -2.17. The number of anilines is 1. The summed E-state index contributed by atoms with van der Waals surface area (Å²) in [6.07, 6.45) is -3.45. The molecule has 0 aliphatic rings. The van der Waals surface area contributed by atoms with E-state index in [1.54, 1.807) is 25.1 Å². The number of nitriles is 1. The lowest BCUT2D eigenvalue weighted by molar-refractivity contribution is -0.137. The molecule has 0 saturated carbocycles. The molecule has 0 saturated heterocycles. The zero-order valence-electron chi connectivity index (χ0n) is 11.9. The number of hydrogen-bond donors (Lipinski definition) is 1. The Kier molecular flexibility index (Phi) is 4.55. The van der Waals surface area contributed by atoms with Crippen molar-refractivity contribution in [1.82, 2.24) is 0 Å². The Bertz CT molecular complexity index is 798. The fourth-order valence-corrected chi connectivity index (χ4v) is 1.85. The number of para-hydroxylation sites is 1. The van der Waals surface area contributed by atoms with Gasteiger partial charge in [0.15, 0.2) is 0 Å². The molecule has 1 heterocycles. The maximum Gasteiger partial charge on any atom is 0.418 e. The number of aryl methyl sites for hydroxylation is 1. The van der Waals surface area contributed by atoms with Crippen molar-refractivity contribution in [2.45, 2.75) is 13.1 Å². The molecule has 0 unspecified atom stereocenters. The van der Waals surface area contributed by atoms with Gasteiger partial charge in [-0.25, -0.2) is 0 Å². The van der Waals surface area contributed by atoms with Crippen molar-refractivity contribution < 1.29 is 22.4 Å². The molecule has 0 aliphatic heterocycles. The van der Waals surface area contributed by atoms with Gasteiger partial charge in [-0.3, -0.25) is 4.79 Å². The van der Waals surface area contributed by atoms with E-state index < -0.39 is 23.3 Å². The lowest BCUT2D eigenvalue weighted by atomic mass is 10.1. The van der Waals surface area contributed by atoms with Gasteiger partial charge < -0.3 is 9.73 Å². The van der Waals surface area contributed by atoms with Gasteiger partial charge in [0, 0.05) is 6.08 Å². The van der Waals surface area contributed by atoms with Crippen LogP contribution in [0.25, 0.3) is 6.08 Å². The molecule has 0 aliphatic carbocycles. The van der Waals surface area contributed by atoms with E-state index in [2.05, 4.69) is 5.32 Å². The van der Waals surface area contributed by atoms with E-state index in [1.165, 1.54) is 18.2 Å². The SMILES string of the molecule is Cc1ccc(C=C(C#N)C(=O)Nc2ccccc2C(F)(F)F)o1. The molecule has 1 aromatic carbocycles. The van der Waals surface area contributed by atoms with Crippen LogP contribution in [0.3, 0.4) is 0 Å². The predicted octanol–water partition coefficient (Wildman–Crippen LogP) is 4.15. The molecule has 118 valence electrons. The van der Waals surface area contributed by atoms with Crippen molar-refractivity contribution in [2.75, 3.05) is 5.32 Å². The number of hydrogen-bond acceptors (Lipinski definition) is 3. The van der Waals surface area contributed by atoms with Crippen LogP contribution in [-0.4, -0.2) is 5.91 Å². The Hall–Kier alpha value is -3.01. The summed E-state index contributed by atoms with van der Waals surface area (Å²) in [7, 11) is 0. The van der Waals surface area contributed by atoms with Crippen LogP contribution in [0.15, 0.2) is 46.4 Å². The summed E-state index contributed by atoms with van der Waals surface area (Å²) in [6, 6.07) is 9.37. The first-order chi connectivity index (χ1) is 10.8. The molecule has 4 nitrogen and oxygen atoms in total. The zero-order chi connectivity index (χ0) is 17.0. The number of furan rings is 1. The van der Waals surface area contributed by atoms with Gasteiger partial charge in [-0.05, 0) is 31.2 Å². The summed E-state index contributed by atoms with van der Waals surface area (Å²) in [6.45, 7) is 1.68. The highest BCUT2D eigenvalue weighted by Gasteiger charge is 2.33. The van der Waals surface area contributed by atoms with E-state index in [0.717, 1.165) is 12.1 Å².